The number of likely N-dealkylation sites (N-methyl/N-ethyl adjacent to an activating group) is 1. The smallest absolute Gasteiger partial charge is 0.222 e. The van der Waals surface area contributed by atoms with Gasteiger partial charge in [-0.2, -0.15) is 0 Å². The minimum absolute atomic E-state index is 0.149. The molecule has 0 saturated carbocycles. The van der Waals surface area contributed by atoms with Crippen LogP contribution in [0.1, 0.15) is 61.3 Å². The number of amides is 1. The van der Waals surface area contributed by atoms with Gasteiger partial charge in [-0.1, -0.05) is 27.7 Å². The highest BCUT2D eigenvalue weighted by Crippen LogP contribution is 2.26. The number of aliphatic hydroxyl groups is 1. The van der Waals surface area contributed by atoms with Gasteiger partial charge in [-0.3, -0.25) is 4.79 Å². The maximum Gasteiger partial charge on any atom is 0.222 e. The van der Waals surface area contributed by atoms with E-state index in [-0.39, 0.29) is 11.3 Å². The first-order valence-electron chi connectivity index (χ1n) is 6.95. The van der Waals surface area contributed by atoms with E-state index in [1.54, 1.807) is 18.7 Å². The number of nitrogens with zero attached hydrogens (tertiary/aromatic N) is 1. The van der Waals surface area contributed by atoms with E-state index in [0.717, 1.165) is 6.42 Å². The lowest BCUT2D eigenvalue weighted by molar-refractivity contribution is -0.135. The van der Waals surface area contributed by atoms with Gasteiger partial charge in [0.15, 0.2) is 0 Å². The van der Waals surface area contributed by atoms with Gasteiger partial charge in [0.2, 0.25) is 5.91 Å². The molecule has 0 aliphatic rings. The quantitative estimate of drug-likeness (QED) is 0.794. The first kappa shape index (κ1) is 17.4. The van der Waals surface area contributed by atoms with Crippen LogP contribution in [0.4, 0.5) is 0 Å². The molecule has 0 bridgehead atoms. The van der Waals surface area contributed by atoms with Crippen LogP contribution < -0.4 is 0 Å². The Kier molecular flexibility index (Phi) is 6.35. The van der Waals surface area contributed by atoms with Gasteiger partial charge in [0.05, 0.1) is 5.60 Å². The molecular weight excluding hydrogens is 226 g/mol. The van der Waals surface area contributed by atoms with Crippen LogP contribution >= 0.6 is 0 Å². The molecule has 0 heterocycles. The molecule has 0 aromatic carbocycles. The molecule has 1 N–H and O–H groups in total. The van der Waals surface area contributed by atoms with Gasteiger partial charge in [-0.25, -0.2) is 0 Å². The highest BCUT2D eigenvalue weighted by molar-refractivity contribution is 5.76. The summed E-state index contributed by atoms with van der Waals surface area (Å²) in [5, 5.41) is 9.79. The van der Waals surface area contributed by atoms with Crippen LogP contribution in [0.3, 0.4) is 0 Å². The van der Waals surface area contributed by atoms with Gasteiger partial charge in [0.1, 0.15) is 0 Å². The highest BCUT2D eigenvalue weighted by atomic mass is 16.3. The standard InChI is InChI=1S/C15H31NO2/c1-8-16(11-15(6,7)18)13(17)9-12(2)10-14(3,4)5/h12,18H,8-11H2,1-7H3. The first-order chi connectivity index (χ1) is 7.94. The first-order valence-corrected chi connectivity index (χ1v) is 6.95. The second kappa shape index (κ2) is 6.55. The predicted octanol–water partition coefficient (Wildman–Crippen LogP) is 3.07. The average molecular weight is 257 g/mol. The van der Waals surface area contributed by atoms with Crippen molar-refractivity contribution in [2.45, 2.75) is 66.9 Å². The molecule has 0 rings (SSSR count). The van der Waals surface area contributed by atoms with Crippen LogP contribution in [0, 0.1) is 11.3 Å². The monoisotopic (exact) mass is 257 g/mol. The van der Waals surface area contributed by atoms with Crippen molar-refractivity contribution in [2.75, 3.05) is 13.1 Å². The topological polar surface area (TPSA) is 40.5 Å². The number of carbonyl (C=O) groups is 1. The van der Waals surface area contributed by atoms with Crippen LogP contribution in [0.15, 0.2) is 0 Å². The van der Waals surface area contributed by atoms with E-state index in [0.29, 0.717) is 25.4 Å². The maximum absolute atomic E-state index is 12.2. The molecule has 108 valence electrons. The number of hydrogen-bond donors (Lipinski definition) is 1. The zero-order chi connectivity index (χ0) is 14.6. The van der Waals surface area contributed by atoms with E-state index in [1.807, 2.05) is 6.92 Å². The van der Waals surface area contributed by atoms with Crippen LogP contribution in [0.5, 0.6) is 0 Å². The molecule has 1 atom stereocenters. The Morgan fingerprint density at radius 3 is 2.06 bits per heavy atom. The molecule has 3 nitrogen and oxygen atoms in total. The Morgan fingerprint density at radius 2 is 1.72 bits per heavy atom. The molecule has 0 aromatic rings. The zero-order valence-corrected chi connectivity index (χ0v) is 13.2. The Labute approximate surface area is 113 Å². The summed E-state index contributed by atoms with van der Waals surface area (Å²) < 4.78 is 0. The zero-order valence-electron chi connectivity index (χ0n) is 13.2. The summed E-state index contributed by atoms with van der Waals surface area (Å²) in [6.07, 6.45) is 1.61. The Hall–Kier alpha value is -0.570. The Morgan fingerprint density at radius 1 is 1.22 bits per heavy atom. The summed E-state index contributed by atoms with van der Waals surface area (Å²) in [4.78, 5) is 13.9. The summed E-state index contributed by atoms with van der Waals surface area (Å²) in [7, 11) is 0. The maximum atomic E-state index is 12.2. The van der Waals surface area contributed by atoms with Crippen molar-refractivity contribution in [3.8, 4) is 0 Å². The number of carbonyl (C=O) groups excluding carboxylic acids is 1. The second-order valence-corrected chi connectivity index (χ2v) is 7.29. The van der Waals surface area contributed by atoms with Crippen molar-refractivity contribution >= 4 is 5.91 Å². The Bertz CT molecular complexity index is 261. The molecule has 0 aliphatic carbocycles. The SMILES string of the molecule is CCN(CC(C)(C)O)C(=O)CC(C)CC(C)(C)C. The van der Waals surface area contributed by atoms with E-state index in [4.69, 9.17) is 0 Å². The van der Waals surface area contributed by atoms with Crippen LogP contribution in [0.25, 0.3) is 0 Å². The van der Waals surface area contributed by atoms with E-state index in [9.17, 15) is 9.90 Å². The van der Waals surface area contributed by atoms with Crippen LogP contribution in [-0.2, 0) is 4.79 Å². The Balaban J connectivity index is 4.36. The minimum atomic E-state index is -0.821. The van der Waals surface area contributed by atoms with E-state index in [1.165, 1.54) is 0 Å². The largest absolute Gasteiger partial charge is 0.389 e. The van der Waals surface area contributed by atoms with Crippen molar-refractivity contribution in [1.29, 1.82) is 0 Å². The van der Waals surface area contributed by atoms with Gasteiger partial charge >= 0.3 is 0 Å². The number of hydrogen-bond acceptors (Lipinski definition) is 2. The summed E-state index contributed by atoms with van der Waals surface area (Å²) in [5.74, 6) is 0.532. The molecule has 0 aromatic heterocycles. The predicted molar refractivity (Wildman–Crippen MR) is 76.4 cm³/mol. The third kappa shape index (κ3) is 8.51. The van der Waals surface area contributed by atoms with Crippen molar-refractivity contribution < 1.29 is 9.90 Å². The molecule has 0 fully saturated rings. The lowest BCUT2D eigenvalue weighted by Crippen LogP contribution is -2.42. The van der Waals surface area contributed by atoms with Gasteiger partial charge < -0.3 is 10.0 Å². The molecule has 0 saturated heterocycles. The fraction of sp³-hybridized carbons (Fsp3) is 0.933. The van der Waals surface area contributed by atoms with E-state index in [2.05, 4.69) is 27.7 Å². The number of rotatable bonds is 6. The van der Waals surface area contributed by atoms with Crippen molar-refractivity contribution in [3.63, 3.8) is 0 Å². The molecular formula is C15H31NO2. The molecule has 0 aliphatic heterocycles. The lowest BCUT2D eigenvalue weighted by atomic mass is 9.84. The van der Waals surface area contributed by atoms with E-state index >= 15 is 0 Å². The molecule has 3 heteroatoms. The van der Waals surface area contributed by atoms with Crippen LogP contribution in [-0.4, -0.2) is 34.6 Å². The van der Waals surface area contributed by atoms with Crippen LogP contribution in [0.2, 0.25) is 0 Å². The molecule has 0 spiro atoms. The third-order valence-corrected chi connectivity index (χ3v) is 2.80. The van der Waals surface area contributed by atoms with Crippen molar-refractivity contribution in [3.05, 3.63) is 0 Å². The summed E-state index contributed by atoms with van der Waals surface area (Å²) in [5.41, 5.74) is -0.564. The normalized spacial score (nSPS) is 14.4. The lowest BCUT2D eigenvalue weighted by Gasteiger charge is -2.30. The summed E-state index contributed by atoms with van der Waals surface area (Å²) in [6, 6.07) is 0. The van der Waals surface area contributed by atoms with Gasteiger partial charge in [0, 0.05) is 19.5 Å². The summed E-state index contributed by atoms with van der Waals surface area (Å²) in [6.45, 7) is 15.2. The fourth-order valence-electron chi connectivity index (χ4n) is 2.39. The molecule has 0 radical (unpaired) electrons. The van der Waals surface area contributed by atoms with E-state index < -0.39 is 5.60 Å². The van der Waals surface area contributed by atoms with Crippen molar-refractivity contribution in [1.82, 2.24) is 4.90 Å². The highest BCUT2D eigenvalue weighted by Gasteiger charge is 2.24. The summed E-state index contributed by atoms with van der Waals surface area (Å²) >= 11 is 0. The molecule has 1 unspecified atom stereocenters. The average Bonchev–Trinajstić information content (AvgIpc) is 2.08. The third-order valence-electron chi connectivity index (χ3n) is 2.80. The van der Waals surface area contributed by atoms with Crippen molar-refractivity contribution in [2.24, 2.45) is 11.3 Å². The minimum Gasteiger partial charge on any atom is -0.389 e. The second-order valence-electron chi connectivity index (χ2n) is 7.29. The van der Waals surface area contributed by atoms with Gasteiger partial charge in [0.25, 0.3) is 0 Å². The molecule has 1 amide bonds. The van der Waals surface area contributed by atoms with Gasteiger partial charge in [-0.05, 0) is 38.5 Å². The van der Waals surface area contributed by atoms with Gasteiger partial charge in [-0.15, -0.1) is 0 Å². The molecule has 18 heavy (non-hydrogen) atoms. The fourth-order valence-corrected chi connectivity index (χ4v) is 2.39.